The minimum absolute atomic E-state index is 1.34. The summed E-state index contributed by atoms with van der Waals surface area (Å²) in [5.74, 6) is 0. The Bertz CT molecular complexity index is 146. The highest BCUT2D eigenvalue weighted by molar-refractivity contribution is 4.68. The SMILES string of the molecule is C1CCN(CCCN2CCCC2)CC1. The number of nitrogens with zero attached hydrogens (tertiary/aromatic N) is 2. The van der Waals surface area contributed by atoms with Crippen LogP contribution in [0.4, 0.5) is 0 Å². The molecule has 2 aliphatic rings. The van der Waals surface area contributed by atoms with Crippen LogP contribution >= 0.6 is 0 Å². The van der Waals surface area contributed by atoms with E-state index in [-0.39, 0.29) is 0 Å². The molecule has 0 amide bonds. The molecule has 0 N–H and O–H groups in total. The molecule has 2 heteroatoms. The van der Waals surface area contributed by atoms with Crippen molar-refractivity contribution in [1.82, 2.24) is 9.80 Å². The molecular weight excluding hydrogens is 172 g/mol. The Kier molecular flexibility index (Phi) is 4.26. The molecule has 0 bridgehead atoms. The highest BCUT2D eigenvalue weighted by Gasteiger charge is 2.12. The van der Waals surface area contributed by atoms with Crippen molar-refractivity contribution in [3.8, 4) is 0 Å². The first-order valence-corrected chi connectivity index (χ1v) is 6.40. The van der Waals surface area contributed by atoms with Crippen LogP contribution in [0.15, 0.2) is 0 Å². The molecule has 2 aliphatic heterocycles. The quantitative estimate of drug-likeness (QED) is 0.678. The Morgan fingerprint density at radius 3 is 1.50 bits per heavy atom. The zero-order valence-corrected chi connectivity index (χ0v) is 9.38. The molecule has 0 radical (unpaired) electrons. The second-order valence-corrected chi connectivity index (χ2v) is 4.80. The summed E-state index contributed by atoms with van der Waals surface area (Å²) in [7, 11) is 0. The molecule has 0 aromatic carbocycles. The van der Waals surface area contributed by atoms with Gasteiger partial charge >= 0.3 is 0 Å². The van der Waals surface area contributed by atoms with Gasteiger partial charge in [0, 0.05) is 0 Å². The van der Waals surface area contributed by atoms with Gasteiger partial charge in [-0.05, 0) is 71.4 Å². The Labute approximate surface area is 88.3 Å². The number of likely N-dealkylation sites (tertiary alicyclic amines) is 2. The summed E-state index contributed by atoms with van der Waals surface area (Å²) in [5.41, 5.74) is 0. The van der Waals surface area contributed by atoms with Gasteiger partial charge in [0.1, 0.15) is 0 Å². The van der Waals surface area contributed by atoms with Gasteiger partial charge in [0.05, 0.1) is 0 Å². The van der Waals surface area contributed by atoms with Crippen molar-refractivity contribution in [2.24, 2.45) is 0 Å². The van der Waals surface area contributed by atoms with E-state index in [0.29, 0.717) is 0 Å². The second kappa shape index (κ2) is 5.72. The van der Waals surface area contributed by atoms with Crippen LogP contribution in [0.3, 0.4) is 0 Å². The lowest BCUT2D eigenvalue weighted by molar-refractivity contribution is 0.212. The van der Waals surface area contributed by atoms with Gasteiger partial charge < -0.3 is 9.80 Å². The maximum absolute atomic E-state index is 2.65. The van der Waals surface area contributed by atoms with Crippen molar-refractivity contribution in [2.45, 2.75) is 38.5 Å². The number of piperidine rings is 1. The molecule has 2 rings (SSSR count). The average Bonchev–Trinajstić information content (AvgIpc) is 2.72. The van der Waals surface area contributed by atoms with Crippen molar-refractivity contribution in [3.05, 3.63) is 0 Å². The Morgan fingerprint density at radius 1 is 0.571 bits per heavy atom. The molecule has 2 saturated heterocycles. The molecule has 82 valence electrons. The molecule has 0 atom stereocenters. The van der Waals surface area contributed by atoms with Gasteiger partial charge in [-0.25, -0.2) is 0 Å². The van der Waals surface area contributed by atoms with Gasteiger partial charge in [-0.3, -0.25) is 0 Å². The van der Waals surface area contributed by atoms with Crippen LogP contribution in [-0.2, 0) is 0 Å². The number of hydrogen-bond donors (Lipinski definition) is 0. The summed E-state index contributed by atoms with van der Waals surface area (Å²) in [6.45, 7) is 8.13. The molecule has 0 aliphatic carbocycles. The van der Waals surface area contributed by atoms with Crippen LogP contribution in [0.5, 0.6) is 0 Å². The third kappa shape index (κ3) is 3.25. The Balaban J connectivity index is 1.52. The van der Waals surface area contributed by atoms with Crippen LogP contribution in [-0.4, -0.2) is 49.1 Å². The van der Waals surface area contributed by atoms with Crippen LogP contribution in [0.1, 0.15) is 38.5 Å². The van der Waals surface area contributed by atoms with E-state index < -0.39 is 0 Å². The van der Waals surface area contributed by atoms with Crippen LogP contribution in [0.25, 0.3) is 0 Å². The summed E-state index contributed by atoms with van der Waals surface area (Å²) in [4.78, 5) is 5.28. The van der Waals surface area contributed by atoms with Crippen molar-refractivity contribution < 1.29 is 0 Å². The molecular formula is C12H24N2. The van der Waals surface area contributed by atoms with Crippen LogP contribution in [0.2, 0.25) is 0 Å². The first kappa shape index (κ1) is 10.4. The summed E-state index contributed by atoms with van der Waals surface area (Å²) >= 11 is 0. The molecule has 0 spiro atoms. The highest BCUT2D eigenvalue weighted by Crippen LogP contribution is 2.10. The molecule has 2 fully saturated rings. The van der Waals surface area contributed by atoms with Crippen molar-refractivity contribution in [2.75, 3.05) is 39.3 Å². The van der Waals surface area contributed by atoms with E-state index >= 15 is 0 Å². The fourth-order valence-electron chi connectivity index (χ4n) is 2.71. The molecule has 0 saturated carbocycles. The third-order valence-electron chi connectivity index (χ3n) is 3.60. The average molecular weight is 196 g/mol. The van der Waals surface area contributed by atoms with E-state index in [2.05, 4.69) is 9.80 Å². The maximum Gasteiger partial charge on any atom is -0.000655 e. The van der Waals surface area contributed by atoms with Gasteiger partial charge in [0.25, 0.3) is 0 Å². The van der Waals surface area contributed by atoms with Crippen LogP contribution in [0, 0.1) is 0 Å². The van der Waals surface area contributed by atoms with E-state index in [1.165, 1.54) is 77.8 Å². The number of rotatable bonds is 4. The zero-order valence-electron chi connectivity index (χ0n) is 9.38. The third-order valence-corrected chi connectivity index (χ3v) is 3.60. The fourth-order valence-corrected chi connectivity index (χ4v) is 2.71. The summed E-state index contributed by atoms with van der Waals surface area (Å²) in [6, 6.07) is 0. The van der Waals surface area contributed by atoms with Crippen molar-refractivity contribution >= 4 is 0 Å². The molecule has 0 aromatic rings. The lowest BCUT2D eigenvalue weighted by Crippen LogP contribution is -2.32. The monoisotopic (exact) mass is 196 g/mol. The normalized spacial score (nSPS) is 25.7. The van der Waals surface area contributed by atoms with Gasteiger partial charge in [0.15, 0.2) is 0 Å². The minimum Gasteiger partial charge on any atom is -0.303 e. The zero-order chi connectivity index (χ0) is 9.64. The maximum atomic E-state index is 2.65. The van der Waals surface area contributed by atoms with E-state index in [9.17, 15) is 0 Å². The molecule has 14 heavy (non-hydrogen) atoms. The topological polar surface area (TPSA) is 6.48 Å². The van der Waals surface area contributed by atoms with E-state index in [1.807, 2.05) is 0 Å². The smallest absolute Gasteiger partial charge is 0.000655 e. The van der Waals surface area contributed by atoms with E-state index in [4.69, 9.17) is 0 Å². The Hall–Kier alpha value is -0.0800. The van der Waals surface area contributed by atoms with E-state index in [0.717, 1.165) is 0 Å². The summed E-state index contributed by atoms with van der Waals surface area (Å²) in [6.07, 6.45) is 8.59. The van der Waals surface area contributed by atoms with E-state index in [1.54, 1.807) is 0 Å². The van der Waals surface area contributed by atoms with Crippen molar-refractivity contribution in [3.63, 3.8) is 0 Å². The largest absolute Gasteiger partial charge is 0.303 e. The minimum atomic E-state index is 1.34. The summed E-state index contributed by atoms with van der Waals surface area (Å²) in [5, 5.41) is 0. The standard InChI is InChI=1S/C12H24N2/c1-2-7-13(8-3-1)11-6-12-14-9-4-5-10-14/h1-12H2. The molecule has 0 unspecified atom stereocenters. The molecule has 2 heterocycles. The lowest BCUT2D eigenvalue weighted by atomic mass is 10.1. The van der Waals surface area contributed by atoms with Crippen molar-refractivity contribution in [1.29, 1.82) is 0 Å². The van der Waals surface area contributed by atoms with Crippen LogP contribution < -0.4 is 0 Å². The first-order chi connectivity index (χ1) is 6.95. The predicted molar refractivity (Wildman–Crippen MR) is 60.6 cm³/mol. The highest BCUT2D eigenvalue weighted by atomic mass is 15.2. The predicted octanol–water partition coefficient (Wildman–Crippen LogP) is 1.96. The number of hydrogen-bond acceptors (Lipinski definition) is 2. The van der Waals surface area contributed by atoms with Gasteiger partial charge in [-0.1, -0.05) is 6.42 Å². The Morgan fingerprint density at radius 2 is 1.00 bits per heavy atom. The lowest BCUT2D eigenvalue weighted by Gasteiger charge is -2.27. The van der Waals surface area contributed by atoms with Gasteiger partial charge in [-0.15, -0.1) is 0 Å². The van der Waals surface area contributed by atoms with Gasteiger partial charge in [0.2, 0.25) is 0 Å². The molecule has 0 aromatic heterocycles. The first-order valence-electron chi connectivity index (χ1n) is 6.40. The summed E-state index contributed by atoms with van der Waals surface area (Å²) < 4.78 is 0. The van der Waals surface area contributed by atoms with Gasteiger partial charge in [-0.2, -0.15) is 0 Å². The second-order valence-electron chi connectivity index (χ2n) is 4.80. The molecule has 2 nitrogen and oxygen atoms in total. The fraction of sp³-hybridized carbons (Fsp3) is 1.00.